The van der Waals surface area contributed by atoms with Gasteiger partial charge in [0, 0.05) is 17.5 Å². The van der Waals surface area contributed by atoms with Gasteiger partial charge in [0.15, 0.2) is 0 Å². The molecule has 0 radical (unpaired) electrons. The summed E-state index contributed by atoms with van der Waals surface area (Å²) in [6.07, 6.45) is 3.55. The number of benzene rings is 1. The van der Waals surface area contributed by atoms with Gasteiger partial charge in [-0.1, -0.05) is 17.7 Å². The minimum absolute atomic E-state index is 0.00301. The molecule has 0 spiro atoms. The number of nitrogens with zero attached hydrogens (tertiary/aromatic N) is 1. The summed E-state index contributed by atoms with van der Waals surface area (Å²) in [4.78, 5) is 15.7. The fourth-order valence-electron chi connectivity index (χ4n) is 2.53. The van der Waals surface area contributed by atoms with Crippen molar-refractivity contribution in [2.24, 2.45) is 0 Å². The molecule has 2 nitrogen and oxygen atoms in total. The Hall–Kier alpha value is -0.960. The van der Waals surface area contributed by atoms with Gasteiger partial charge in [0.25, 0.3) is 0 Å². The zero-order valence-electron chi connectivity index (χ0n) is 12.1. The molecule has 1 saturated heterocycles. The van der Waals surface area contributed by atoms with Gasteiger partial charge < -0.3 is 4.90 Å². The Morgan fingerprint density at radius 3 is 2.63 bits per heavy atom. The van der Waals surface area contributed by atoms with E-state index in [1.165, 1.54) is 16.9 Å². The molecule has 1 aromatic rings. The second-order valence-electron chi connectivity index (χ2n) is 5.45. The molecule has 1 aliphatic rings. The van der Waals surface area contributed by atoms with Crippen molar-refractivity contribution in [3.8, 4) is 0 Å². The molecule has 3 heteroatoms. The van der Waals surface area contributed by atoms with E-state index in [2.05, 4.69) is 43.0 Å². The smallest absolute Gasteiger partial charge is 0.236 e. The number of hydrogen-bond donors (Lipinski definition) is 0. The maximum Gasteiger partial charge on any atom is 0.236 e. The molecule has 2 rings (SSSR count). The molecular formula is C16H23NOS. The van der Waals surface area contributed by atoms with E-state index in [0.717, 1.165) is 19.4 Å². The van der Waals surface area contributed by atoms with E-state index in [0.29, 0.717) is 6.04 Å². The lowest BCUT2D eigenvalue weighted by Crippen LogP contribution is -2.45. The van der Waals surface area contributed by atoms with Gasteiger partial charge in [0.1, 0.15) is 0 Å². The number of rotatable bonds is 3. The number of carbonyl (C=O) groups is 1. The fourth-order valence-corrected chi connectivity index (χ4v) is 3.47. The summed E-state index contributed by atoms with van der Waals surface area (Å²) in [6.45, 7) is 7.20. The Labute approximate surface area is 120 Å². The molecule has 19 heavy (non-hydrogen) atoms. The maximum absolute atomic E-state index is 12.5. The van der Waals surface area contributed by atoms with Gasteiger partial charge in [-0.3, -0.25) is 4.79 Å². The van der Waals surface area contributed by atoms with Crippen molar-refractivity contribution in [1.29, 1.82) is 0 Å². The van der Waals surface area contributed by atoms with Crippen LogP contribution >= 0.6 is 11.8 Å². The first kappa shape index (κ1) is 14.4. The summed E-state index contributed by atoms with van der Waals surface area (Å²) in [5, 5.41) is 0.00301. The SMILES string of the molecule is Cc1ccc(SC(C)C(=O)N2CCCCC2C)cc1. The lowest BCUT2D eigenvalue weighted by atomic mass is 10.0. The quantitative estimate of drug-likeness (QED) is 0.782. The molecule has 0 N–H and O–H groups in total. The summed E-state index contributed by atoms with van der Waals surface area (Å²) in [7, 11) is 0. The van der Waals surface area contributed by atoms with Gasteiger partial charge in [-0.25, -0.2) is 0 Å². The third-order valence-electron chi connectivity index (χ3n) is 3.77. The van der Waals surface area contributed by atoms with Gasteiger partial charge in [-0.15, -0.1) is 11.8 Å². The summed E-state index contributed by atoms with van der Waals surface area (Å²) < 4.78 is 0. The summed E-state index contributed by atoms with van der Waals surface area (Å²) in [5.41, 5.74) is 1.26. The molecule has 0 saturated carbocycles. The molecule has 2 atom stereocenters. The molecule has 104 valence electrons. The van der Waals surface area contributed by atoms with E-state index in [-0.39, 0.29) is 11.2 Å². The predicted molar refractivity (Wildman–Crippen MR) is 81.5 cm³/mol. The Bertz CT molecular complexity index is 429. The zero-order chi connectivity index (χ0) is 13.8. The highest BCUT2D eigenvalue weighted by Crippen LogP contribution is 2.27. The minimum atomic E-state index is 0.00301. The van der Waals surface area contributed by atoms with Gasteiger partial charge >= 0.3 is 0 Å². The molecule has 1 aliphatic heterocycles. The van der Waals surface area contributed by atoms with Crippen LogP contribution < -0.4 is 0 Å². The maximum atomic E-state index is 12.5. The predicted octanol–water partition coefficient (Wildman–Crippen LogP) is 3.88. The van der Waals surface area contributed by atoms with Crippen LogP contribution in [0.25, 0.3) is 0 Å². The highest BCUT2D eigenvalue weighted by molar-refractivity contribution is 8.00. The number of piperidine rings is 1. The van der Waals surface area contributed by atoms with Crippen molar-refractivity contribution in [3.63, 3.8) is 0 Å². The molecule has 1 aromatic carbocycles. The standard InChI is InChI=1S/C16H23NOS/c1-12-7-9-15(10-8-12)19-14(3)16(18)17-11-5-4-6-13(17)2/h7-10,13-14H,4-6,11H2,1-3H3. The molecule has 0 bridgehead atoms. The zero-order valence-corrected chi connectivity index (χ0v) is 12.9. The van der Waals surface area contributed by atoms with Crippen molar-refractivity contribution in [2.45, 2.75) is 56.2 Å². The molecule has 0 aromatic heterocycles. The number of hydrogen-bond acceptors (Lipinski definition) is 2. The number of aryl methyl sites for hydroxylation is 1. The molecule has 0 aliphatic carbocycles. The van der Waals surface area contributed by atoms with Crippen LogP contribution in [0.3, 0.4) is 0 Å². The third-order valence-corrected chi connectivity index (χ3v) is 4.87. The van der Waals surface area contributed by atoms with E-state index in [4.69, 9.17) is 0 Å². The van der Waals surface area contributed by atoms with E-state index in [1.807, 2.05) is 6.92 Å². The van der Waals surface area contributed by atoms with Crippen molar-refractivity contribution < 1.29 is 4.79 Å². The summed E-state index contributed by atoms with van der Waals surface area (Å²) in [5.74, 6) is 0.290. The Kier molecular flexibility index (Phi) is 4.92. The van der Waals surface area contributed by atoms with Gasteiger partial charge in [-0.05, 0) is 52.2 Å². The molecule has 2 unspecified atom stereocenters. The highest BCUT2D eigenvalue weighted by atomic mass is 32.2. The lowest BCUT2D eigenvalue weighted by Gasteiger charge is -2.35. The van der Waals surface area contributed by atoms with E-state index >= 15 is 0 Å². The molecule has 1 amide bonds. The first-order chi connectivity index (χ1) is 9.08. The topological polar surface area (TPSA) is 20.3 Å². The van der Waals surface area contributed by atoms with Crippen LogP contribution in [-0.4, -0.2) is 28.6 Å². The van der Waals surface area contributed by atoms with Crippen LogP contribution in [0, 0.1) is 6.92 Å². The monoisotopic (exact) mass is 277 g/mol. The van der Waals surface area contributed by atoms with Crippen LogP contribution in [0.4, 0.5) is 0 Å². The normalized spacial score (nSPS) is 21.2. The second kappa shape index (κ2) is 6.47. The van der Waals surface area contributed by atoms with Crippen LogP contribution in [0.5, 0.6) is 0 Å². The first-order valence-electron chi connectivity index (χ1n) is 7.11. The van der Waals surface area contributed by atoms with Gasteiger partial charge in [0.2, 0.25) is 5.91 Å². The Morgan fingerprint density at radius 1 is 1.32 bits per heavy atom. The average Bonchev–Trinajstić information content (AvgIpc) is 2.41. The third kappa shape index (κ3) is 3.75. The van der Waals surface area contributed by atoms with Crippen molar-refractivity contribution in [3.05, 3.63) is 29.8 Å². The first-order valence-corrected chi connectivity index (χ1v) is 7.99. The fraction of sp³-hybridized carbons (Fsp3) is 0.562. The van der Waals surface area contributed by atoms with Crippen LogP contribution in [0.1, 0.15) is 38.7 Å². The number of carbonyl (C=O) groups excluding carboxylic acids is 1. The minimum Gasteiger partial charge on any atom is -0.339 e. The van der Waals surface area contributed by atoms with E-state index in [9.17, 15) is 4.79 Å². The van der Waals surface area contributed by atoms with Crippen molar-refractivity contribution >= 4 is 17.7 Å². The summed E-state index contributed by atoms with van der Waals surface area (Å²) >= 11 is 1.66. The number of amides is 1. The molecular weight excluding hydrogens is 254 g/mol. The number of thioether (sulfide) groups is 1. The largest absolute Gasteiger partial charge is 0.339 e. The molecule has 1 fully saturated rings. The number of likely N-dealkylation sites (tertiary alicyclic amines) is 1. The summed E-state index contributed by atoms with van der Waals surface area (Å²) in [6, 6.07) is 8.81. The lowest BCUT2D eigenvalue weighted by molar-refractivity contribution is -0.133. The highest BCUT2D eigenvalue weighted by Gasteiger charge is 2.27. The average molecular weight is 277 g/mol. The van der Waals surface area contributed by atoms with Gasteiger partial charge in [0.05, 0.1) is 5.25 Å². The van der Waals surface area contributed by atoms with Crippen LogP contribution in [0.15, 0.2) is 29.2 Å². The van der Waals surface area contributed by atoms with Crippen LogP contribution in [-0.2, 0) is 4.79 Å². The van der Waals surface area contributed by atoms with Gasteiger partial charge in [-0.2, -0.15) is 0 Å². The molecule has 1 heterocycles. The van der Waals surface area contributed by atoms with E-state index < -0.39 is 0 Å². The van der Waals surface area contributed by atoms with Crippen LogP contribution in [0.2, 0.25) is 0 Å². The van der Waals surface area contributed by atoms with Crippen molar-refractivity contribution in [2.75, 3.05) is 6.54 Å². The second-order valence-corrected chi connectivity index (χ2v) is 6.86. The Morgan fingerprint density at radius 2 is 2.00 bits per heavy atom. The Balaban J connectivity index is 1.96. The van der Waals surface area contributed by atoms with E-state index in [1.54, 1.807) is 11.8 Å². The van der Waals surface area contributed by atoms with Crippen molar-refractivity contribution in [1.82, 2.24) is 4.90 Å².